The number of rotatable bonds is 2. The monoisotopic (exact) mass is 323 g/mol. The number of anilines is 1. The molecule has 3 N–H and O–H groups in total. The van der Waals surface area contributed by atoms with Crippen molar-refractivity contribution >= 4 is 27.5 Å². The van der Waals surface area contributed by atoms with Crippen LogP contribution in [-0.4, -0.2) is 16.9 Å². The molecule has 19 heavy (non-hydrogen) atoms. The highest BCUT2D eigenvalue weighted by Gasteiger charge is 2.49. The molecule has 1 heterocycles. The molecule has 4 nitrogen and oxygen atoms in total. The lowest BCUT2D eigenvalue weighted by molar-refractivity contribution is -0.121. The first-order valence-electron chi connectivity index (χ1n) is 6.76. The van der Waals surface area contributed by atoms with Gasteiger partial charge in [0.1, 0.15) is 4.60 Å². The van der Waals surface area contributed by atoms with E-state index in [1.54, 1.807) is 0 Å². The van der Waals surface area contributed by atoms with Gasteiger partial charge in [0, 0.05) is 6.04 Å². The predicted molar refractivity (Wildman–Crippen MR) is 77.6 cm³/mol. The Hall–Kier alpha value is -0.940. The number of halogens is 1. The molecule has 4 atom stereocenters. The van der Waals surface area contributed by atoms with Crippen molar-refractivity contribution in [2.24, 2.45) is 23.5 Å². The van der Waals surface area contributed by atoms with Crippen molar-refractivity contribution in [3.8, 4) is 0 Å². The molecule has 0 radical (unpaired) electrons. The van der Waals surface area contributed by atoms with Crippen molar-refractivity contribution in [2.75, 3.05) is 5.32 Å². The van der Waals surface area contributed by atoms with Crippen LogP contribution in [0, 0.1) is 24.7 Å². The van der Waals surface area contributed by atoms with E-state index in [0.717, 1.165) is 28.8 Å². The maximum atomic E-state index is 12.4. The molecule has 0 aliphatic heterocycles. The van der Waals surface area contributed by atoms with E-state index in [1.807, 2.05) is 19.1 Å². The summed E-state index contributed by atoms with van der Waals surface area (Å²) in [6.07, 6.45) is 3.46. The lowest BCUT2D eigenvalue weighted by atomic mass is 9.84. The van der Waals surface area contributed by atoms with E-state index >= 15 is 0 Å². The zero-order valence-corrected chi connectivity index (χ0v) is 12.5. The van der Waals surface area contributed by atoms with E-state index in [-0.39, 0.29) is 17.9 Å². The fraction of sp³-hybridized carbons (Fsp3) is 0.571. The molecule has 1 aromatic heterocycles. The second-order valence-corrected chi connectivity index (χ2v) is 6.51. The zero-order valence-electron chi connectivity index (χ0n) is 10.9. The van der Waals surface area contributed by atoms with E-state index in [2.05, 4.69) is 26.2 Å². The van der Waals surface area contributed by atoms with Gasteiger partial charge in [0.05, 0.1) is 17.3 Å². The van der Waals surface area contributed by atoms with Crippen molar-refractivity contribution in [1.82, 2.24) is 4.98 Å². The number of carbonyl (C=O) groups is 1. The van der Waals surface area contributed by atoms with Gasteiger partial charge in [-0.1, -0.05) is 0 Å². The minimum absolute atomic E-state index is 0.0261. The van der Waals surface area contributed by atoms with E-state index in [0.29, 0.717) is 11.8 Å². The third kappa shape index (κ3) is 2.30. The first kappa shape index (κ1) is 13.1. The number of fused-ring (bicyclic) bond motifs is 2. The van der Waals surface area contributed by atoms with Gasteiger partial charge < -0.3 is 11.1 Å². The van der Waals surface area contributed by atoms with Gasteiger partial charge in [0.15, 0.2) is 0 Å². The van der Waals surface area contributed by atoms with Gasteiger partial charge in [0.25, 0.3) is 0 Å². The van der Waals surface area contributed by atoms with E-state index in [4.69, 9.17) is 5.73 Å². The van der Waals surface area contributed by atoms with Crippen LogP contribution in [0.4, 0.5) is 5.69 Å². The first-order chi connectivity index (χ1) is 9.06. The highest BCUT2D eigenvalue weighted by molar-refractivity contribution is 9.10. The van der Waals surface area contributed by atoms with Crippen LogP contribution in [0.2, 0.25) is 0 Å². The van der Waals surface area contributed by atoms with Gasteiger partial charge >= 0.3 is 0 Å². The Morgan fingerprint density at radius 2 is 2.16 bits per heavy atom. The van der Waals surface area contributed by atoms with Gasteiger partial charge in [-0.2, -0.15) is 0 Å². The predicted octanol–water partition coefficient (Wildman–Crippen LogP) is 2.46. The number of nitrogens with two attached hydrogens (primary N) is 1. The van der Waals surface area contributed by atoms with Crippen molar-refractivity contribution in [3.63, 3.8) is 0 Å². The van der Waals surface area contributed by atoms with Crippen molar-refractivity contribution in [2.45, 2.75) is 32.2 Å². The van der Waals surface area contributed by atoms with Crippen molar-refractivity contribution < 1.29 is 4.79 Å². The number of aryl methyl sites for hydroxylation is 1. The normalized spacial score (nSPS) is 32.6. The summed E-state index contributed by atoms with van der Waals surface area (Å²) in [5.74, 6) is 1.06. The average Bonchev–Trinajstić information content (AvgIpc) is 2.93. The maximum Gasteiger partial charge on any atom is 0.229 e. The van der Waals surface area contributed by atoms with E-state index < -0.39 is 0 Å². The van der Waals surface area contributed by atoms with Crippen LogP contribution in [0.5, 0.6) is 0 Å². The van der Waals surface area contributed by atoms with E-state index in [9.17, 15) is 4.79 Å². The largest absolute Gasteiger partial charge is 0.327 e. The van der Waals surface area contributed by atoms with Crippen LogP contribution in [0.15, 0.2) is 16.7 Å². The second-order valence-electron chi connectivity index (χ2n) is 5.69. The Bertz CT molecular complexity index is 517. The lowest BCUT2D eigenvalue weighted by Crippen LogP contribution is -2.42. The Morgan fingerprint density at radius 3 is 2.79 bits per heavy atom. The summed E-state index contributed by atoms with van der Waals surface area (Å²) in [5.41, 5.74) is 7.80. The quantitative estimate of drug-likeness (QED) is 0.821. The van der Waals surface area contributed by atoms with Crippen LogP contribution in [0.3, 0.4) is 0 Å². The number of amides is 1. The molecule has 4 unspecified atom stereocenters. The SMILES string of the molecule is Cc1nc(Br)ccc1NC(=O)C1C2CCC(C2)C1N. The number of hydrogen-bond donors (Lipinski definition) is 2. The van der Waals surface area contributed by atoms with Gasteiger partial charge in [0.2, 0.25) is 5.91 Å². The molecule has 2 aliphatic carbocycles. The summed E-state index contributed by atoms with van der Waals surface area (Å²) in [6, 6.07) is 3.74. The molecule has 0 saturated heterocycles. The van der Waals surface area contributed by atoms with Gasteiger partial charge in [-0.05, 0) is 66.1 Å². The topological polar surface area (TPSA) is 68.0 Å². The molecule has 3 rings (SSSR count). The number of aromatic nitrogens is 1. The smallest absolute Gasteiger partial charge is 0.229 e. The van der Waals surface area contributed by atoms with E-state index in [1.165, 1.54) is 6.42 Å². The Morgan fingerprint density at radius 1 is 1.42 bits per heavy atom. The third-order valence-electron chi connectivity index (χ3n) is 4.59. The van der Waals surface area contributed by atoms with Crippen molar-refractivity contribution in [3.05, 3.63) is 22.4 Å². The third-order valence-corrected chi connectivity index (χ3v) is 5.03. The summed E-state index contributed by atoms with van der Waals surface area (Å²) in [7, 11) is 0. The Kier molecular flexibility index (Phi) is 3.35. The molecule has 0 aromatic carbocycles. The van der Waals surface area contributed by atoms with Crippen LogP contribution in [0.25, 0.3) is 0 Å². The minimum Gasteiger partial charge on any atom is -0.327 e. The minimum atomic E-state index is -0.0261. The molecular formula is C14H18BrN3O. The Labute approximate surface area is 121 Å². The number of hydrogen-bond acceptors (Lipinski definition) is 3. The summed E-state index contributed by atoms with van der Waals surface area (Å²) in [4.78, 5) is 16.7. The number of pyridine rings is 1. The van der Waals surface area contributed by atoms with Crippen LogP contribution >= 0.6 is 15.9 Å². The standard InChI is InChI=1S/C14H18BrN3O/c1-7-10(4-5-11(15)17-7)18-14(19)12-8-2-3-9(6-8)13(12)16/h4-5,8-9,12-13H,2-3,6,16H2,1H3,(H,18,19). The zero-order chi connectivity index (χ0) is 13.6. The van der Waals surface area contributed by atoms with Gasteiger partial charge in [-0.15, -0.1) is 0 Å². The number of carbonyl (C=O) groups excluding carboxylic acids is 1. The Balaban J connectivity index is 1.75. The molecule has 1 amide bonds. The summed E-state index contributed by atoms with van der Waals surface area (Å²) >= 11 is 3.32. The molecule has 102 valence electrons. The highest BCUT2D eigenvalue weighted by Crippen LogP contribution is 2.47. The lowest BCUT2D eigenvalue weighted by Gasteiger charge is -2.27. The molecular weight excluding hydrogens is 306 g/mol. The molecule has 2 fully saturated rings. The molecule has 0 spiro atoms. The second kappa shape index (κ2) is 4.87. The fourth-order valence-corrected chi connectivity index (χ4v) is 4.00. The molecule has 1 aromatic rings. The summed E-state index contributed by atoms with van der Waals surface area (Å²) in [5, 5.41) is 2.99. The fourth-order valence-electron chi connectivity index (χ4n) is 3.60. The number of nitrogens with zero attached hydrogens (tertiary/aromatic N) is 1. The van der Waals surface area contributed by atoms with Crippen LogP contribution in [-0.2, 0) is 4.79 Å². The molecule has 2 saturated carbocycles. The molecule has 2 aliphatic rings. The van der Waals surface area contributed by atoms with Gasteiger partial charge in [-0.3, -0.25) is 4.79 Å². The number of nitrogens with one attached hydrogen (secondary N) is 1. The highest BCUT2D eigenvalue weighted by atomic mass is 79.9. The first-order valence-corrected chi connectivity index (χ1v) is 7.55. The van der Waals surface area contributed by atoms with Crippen molar-refractivity contribution in [1.29, 1.82) is 0 Å². The summed E-state index contributed by atoms with van der Waals surface area (Å²) < 4.78 is 0.777. The van der Waals surface area contributed by atoms with Crippen LogP contribution in [0.1, 0.15) is 25.0 Å². The molecule has 2 bridgehead atoms. The van der Waals surface area contributed by atoms with Gasteiger partial charge in [-0.25, -0.2) is 4.98 Å². The average molecular weight is 324 g/mol. The van der Waals surface area contributed by atoms with Crippen LogP contribution < -0.4 is 11.1 Å². The summed E-state index contributed by atoms with van der Waals surface area (Å²) in [6.45, 7) is 1.89. The maximum absolute atomic E-state index is 12.4. The molecule has 5 heteroatoms.